The van der Waals surface area contributed by atoms with E-state index in [2.05, 4.69) is 9.97 Å². The van der Waals surface area contributed by atoms with E-state index in [1.807, 2.05) is 36.4 Å². The van der Waals surface area contributed by atoms with Gasteiger partial charge in [0.2, 0.25) is 0 Å². The molecule has 0 amide bonds. The monoisotopic (exact) mass is 283 g/mol. The van der Waals surface area contributed by atoms with Crippen LogP contribution in [0.5, 0.6) is 11.5 Å². The van der Waals surface area contributed by atoms with Gasteiger partial charge in [0, 0.05) is 12.1 Å². The van der Waals surface area contributed by atoms with Crippen molar-refractivity contribution in [1.29, 1.82) is 0 Å². The molecule has 0 saturated carbocycles. The molecule has 0 unspecified atom stereocenters. The summed E-state index contributed by atoms with van der Waals surface area (Å²) in [6.07, 6.45) is 0. The lowest BCUT2D eigenvalue weighted by Gasteiger charge is -2.08. The van der Waals surface area contributed by atoms with Gasteiger partial charge >= 0.3 is 0 Å². The largest absolute Gasteiger partial charge is 0.493 e. The van der Waals surface area contributed by atoms with Crippen molar-refractivity contribution in [2.45, 2.75) is 6.54 Å². The molecule has 0 saturated heterocycles. The first-order valence-electron chi connectivity index (χ1n) is 6.67. The Morgan fingerprint density at radius 1 is 1.10 bits per heavy atom. The number of fused-ring (bicyclic) bond motifs is 1. The maximum Gasteiger partial charge on any atom is 0.161 e. The maximum absolute atomic E-state index is 5.76. The zero-order valence-corrected chi connectivity index (χ0v) is 12.0. The first-order valence-corrected chi connectivity index (χ1v) is 6.67. The Kier molecular flexibility index (Phi) is 3.50. The number of hydrogen-bond donors (Lipinski definition) is 2. The smallest absolute Gasteiger partial charge is 0.161 e. The van der Waals surface area contributed by atoms with E-state index in [4.69, 9.17) is 15.2 Å². The number of nitrogens with zero attached hydrogens (tertiary/aromatic N) is 1. The highest BCUT2D eigenvalue weighted by atomic mass is 16.5. The Morgan fingerprint density at radius 2 is 1.90 bits per heavy atom. The van der Waals surface area contributed by atoms with E-state index in [1.165, 1.54) is 0 Å². The zero-order chi connectivity index (χ0) is 14.8. The second kappa shape index (κ2) is 5.46. The lowest BCUT2D eigenvalue weighted by atomic mass is 10.2. The van der Waals surface area contributed by atoms with Crippen LogP contribution >= 0.6 is 0 Å². The van der Waals surface area contributed by atoms with Crippen molar-refractivity contribution in [3.63, 3.8) is 0 Å². The highest BCUT2D eigenvalue weighted by Crippen LogP contribution is 2.32. The minimum absolute atomic E-state index is 0.466. The molecule has 0 spiro atoms. The SMILES string of the molecule is COc1ccc(-c2nc3c(CN)cccc3[nH]2)cc1OC. The number of para-hydroxylation sites is 1. The minimum atomic E-state index is 0.466. The van der Waals surface area contributed by atoms with Crippen molar-refractivity contribution >= 4 is 11.0 Å². The normalized spacial score (nSPS) is 10.8. The summed E-state index contributed by atoms with van der Waals surface area (Å²) in [4.78, 5) is 7.97. The molecule has 5 nitrogen and oxygen atoms in total. The summed E-state index contributed by atoms with van der Waals surface area (Å²) in [5, 5.41) is 0. The van der Waals surface area contributed by atoms with Gasteiger partial charge in [0.15, 0.2) is 11.5 Å². The van der Waals surface area contributed by atoms with Crippen molar-refractivity contribution in [1.82, 2.24) is 9.97 Å². The number of aromatic amines is 1. The van der Waals surface area contributed by atoms with Crippen LogP contribution < -0.4 is 15.2 Å². The lowest BCUT2D eigenvalue weighted by Crippen LogP contribution is -1.96. The highest BCUT2D eigenvalue weighted by molar-refractivity contribution is 5.82. The minimum Gasteiger partial charge on any atom is -0.493 e. The van der Waals surface area contributed by atoms with Crippen LogP contribution in [-0.2, 0) is 6.54 Å². The summed E-state index contributed by atoms with van der Waals surface area (Å²) in [7, 11) is 3.24. The molecule has 0 bridgehead atoms. The third kappa shape index (κ3) is 2.32. The Hall–Kier alpha value is -2.53. The van der Waals surface area contributed by atoms with Crippen LogP contribution in [-0.4, -0.2) is 24.2 Å². The Balaban J connectivity index is 2.12. The summed E-state index contributed by atoms with van der Waals surface area (Å²) in [6.45, 7) is 0.466. The van der Waals surface area contributed by atoms with Gasteiger partial charge in [-0.25, -0.2) is 4.98 Å². The molecule has 3 rings (SSSR count). The molecule has 1 aromatic heterocycles. The van der Waals surface area contributed by atoms with Crippen LogP contribution in [0.4, 0.5) is 0 Å². The van der Waals surface area contributed by atoms with Gasteiger partial charge in [0.05, 0.1) is 25.3 Å². The molecule has 108 valence electrons. The molecular formula is C16H17N3O2. The van der Waals surface area contributed by atoms with Gasteiger partial charge in [0.25, 0.3) is 0 Å². The molecular weight excluding hydrogens is 266 g/mol. The van der Waals surface area contributed by atoms with E-state index in [9.17, 15) is 0 Å². The number of benzene rings is 2. The van der Waals surface area contributed by atoms with Gasteiger partial charge in [0.1, 0.15) is 5.82 Å². The van der Waals surface area contributed by atoms with Crippen LogP contribution in [0.3, 0.4) is 0 Å². The number of imidazole rings is 1. The van der Waals surface area contributed by atoms with E-state index in [0.717, 1.165) is 28.0 Å². The van der Waals surface area contributed by atoms with Crippen LogP contribution in [0.1, 0.15) is 5.56 Å². The van der Waals surface area contributed by atoms with Gasteiger partial charge < -0.3 is 20.2 Å². The molecule has 2 aromatic carbocycles. The third-order valence-electron chi connectivity index (χ3n) is 3.47. The number of nitrogens with one attached hydrogen (secondary N) is 1. The van der Waals surface area contributed by atoms with Crippen molar-refractivity contribution in [2.75, 3.05) is 14.2 Å². The summed E-state index contributed by atoms with van der Waals surface area (Å²) >= 11 is 0. The van der Waals surface area contributed by atoms with E-state index in [0.29, 0.717) is 18.0 Å². The number of rotatable bonds is 4. The summed E-state index contributed by atoms with van der Waals surface area (Å²) < 4.78 is 10.6. The fourth-order valence-corrected chi connectivity index (χ4v) is 2.38. The van der Waals surface area contributed by atoms with Crippen molar-refractivity contribution in [3.8, 4) is 22.9 Å². The molecule has 5 heteroatoms. The Morgan fingerprint density at radius 3 is 2.62 bits per heavy atom. The van der Waals surface area contributed by atoms with Crippen molar-refractivity contribution in [2.24, 2.45) is 5.73 Å². The van der Waals surface area contributed by atoms with Crippen molar-refractivity contribution in [3.05, 3.63) is 42.0 Å². The molecule has 1 heterocycles. The summed E-state index contributed by atoms with van der Waals surface area (Å²) in [5.74, 6) is 2.15. The molecule has 21 heavy (non-hydrogen) atoms. The standard InChI is InChI=1S/C16H17N3O2/c1-20-13-7-6-10(8-14(13)21-2)16-18-12-5-3-4-11(9-17)15(12)19-16/h3-8H,9,17H2,1-2H3,(H,18,19). The number of aromatic nitrogens is 2. The molecule has 0 aliphatic heterocycles. The van der Waals surface area contributed by atoms with Crippen LogP contribution in [0.15, 0.2) is 36.4 Å². The van der Waals surface area contributed by atoms with Crippen LogP contribution in [0.25, 0.3) is 22.4 Å². The van der Waals surface area contributed by atoms with E-state index >= 15 is 0 Å². The van der Waals surface area contributed by atoms with E-state index in [-0.39, 0.29) is 0 Å². The predicted octanol–water partition coefficient (Wildman–Crippen LogP) is 2.71. The number of methoxy groups -OCH3 is 2. The number of ether oxygens (including phenoxy) is 2. The van der Waals surface area contributed by atoms with Gasteiger partial charge in [-0.15, -0.1) is 0 Å². The Labute approximate surface area is 122 Å². The highest BCUT2D eigenvalue weighted by Gasteiger charge is 2.11. The van der Waals surface area contributed by atoms with Crippen LogP contribution in [0, 0.1) is 0 Å². The summed E-state index contributed by atoms with van der Waals surface area (Å²) in [6, 6.07) is 11.7. The third-order valence-corrected chi connectivity index (χ3v) is 3.47. The second-order valence-electron chi connectivity index (χ2n) is 4.67. The summed E-state index contributed by atoms with van der Waals surface area (Å²) in [5.41, 5.74) is 9.60. The van der Waals surface area contributed by atoms with Gasteiger partial charge in [-0.05, 0) is 29.8 Å². The van der Waals surface area contributed by atoms with Gasteiger partial charge in [-0.3, -0.25) is 0 Å². The molecule has 0 fully saturated rings. The fourth-order valence-electron chi connectivity index (χ4n) is 2.38. The number of H-pyrrole nitrogens is 1. The molecule has 0 aliphatic rings. The van der Waals surface area contributed by atoms with E-state index < -0.39 is 0 Å². The van der Waals surface area contributed by atoms with Crippen LogP contribution in [0.2, 0.25) is 0 Å². The van der Waals surface area contributed by atoms with E-state index in [1.54, 1.807) is 14.2 Å². The molecule has 3 N–H and O–H groups in total. The molecule has 0 radical (unpaired) electrons. The fraction of sp³-hybridized carbons (Fsp3) is 0.188. The molecule has 0 atom stereocenters. The van der Waals surface area contributed by atoms with Crippen molar-refractivity contribution < 1.29 is 9.47 Å². The zero-order valence-electron chi connectivity index (χ0n) is 12.0. The first-order chi connectivity index (χ1) is 10.3. The second-order valence-corrected chi connectivity index (χ2v) is 4.67. The topological polar surface area (TPSA) is 73.2 Å². The lowest BCUT2D eigenvalue weighted by molar-refractivity contribution is 0.355. The predicted molar refractivity (Wildman–Crippen MR) is 82.5 cm³/mol. The quantitative estimate of drug-likeness (QED) is 0.772. The average Bonchev–Trinajstić information content (AvgIpc) is 2.98. The Bertz CT molecular complexity index is 780. The maximum atomic E-state index is 5.76. The molecule has 0 aliphatic carbocycles. The molecule has 3 aromatic rings. The van der Waals surface area contributed by atoms with Gasteiger partial charge in [-0.2, -0.15) is 0 Å². The number of hydrogen-bond acceptors (Lipinski definition) is 4. The van der Waals surface area contributed by atoms with Gasteiger partial charge in [-0.1, -0.05) is 12.1 Å². The average molecular weight is 283 g/mol. The first kappa shape index (κ1) is 13.5. The number of nitrogens with two attached hydrogens (primary N) is 1.